The van der Waals surface area contributed by atoms with E-state index in [1.807, 2.05) is 44.2 Å². The first-order valence-corrected chi connectivity index (χ1v) is 14.7. The predicted molar refractivity (Wildman–Crippen MR) is 158 cm³/mol. The van der Waals surface area contributed by atoms with Crippen LogP contribution in [0.15, 0.2) is 52.6 Å². The van der Waals surface area contributed by atoms with Crippen molar-refractivity contribution in [3.05, 3.63) is 59.3 Å². The smallest absolute Gasteiger partial charge is 0.213 e. The number of aliphatic hydroxyl groups is 1. The molecule has 39 heavy (non-hydrogen) atoms. The van der Waals surface area contributed by atoms with Crippen molar-refractivity contribution >= 4 is 18.2 Å². The Kier molecular flexibility index (Phi) is 10.1. The number of rotatable bonds is 10. The van der Waals surface area contributed by atoms with Crippen LogP contribution in [0.5, 0.6) is 5.88 Å². The Bertz CT molecular complexity index is 1160. The second kappa shape index (κ2) is 13.5. The summed E-state index contributed by atoms with van der Waals surface area (Å²) in [5, 5.41) is 10.6. The molecule has 2 aromatic rings. The minimum absolute atomic E-state index is 0.168. The molecule has 1 aliphatic carbocycles. The number of Topliss-reactive ketones (excluding diaryl/α,β-unsaturated/α-hetero) is 1. The fourth-order valence-corrected chi connectivity index (χ4v) is 6.16. The summed E-state index contributed by atoms with van der Waals surface area (Å²) in [6, 6.07) is 12.0. The SMILES string of the molecule is CCC(C)(O)c1ccnc(OCC2CCC(C)C(CC(=O)c3ccccc3CC3CCN=CC=N3)C(C)C2)c1. The number of ketones is 1. The summed E-state index contributed by atoms with van der Waals surface area (Å²) in [5.41, 5.74) is 1.90. The Hall–Kier alpha value is -2.86. The fourth-order valence-electron chi connectivity index (χ4n) is 6.16. The number of hydrogen-bond acceptors (Lipinski definition) is 6. The fraction of sp³-hybridized carbons (Fsp3) is 0.576. The van der Waals surface area contributed by atoms with E-state index in [2.05, 4.69) is 34.9 Å². The highest BCUT2D eigenvalue weighted by atomic mass is 16.5. The normalized spacial score (nSPS) is 26.8. The number of hydrogen-bond donors (Lipinski definition) is 1. The van der Waals surface area contributed by atoms with E-state index in [9.17, 15) is 9.90 Å². The van der Waals surface area contributed by atoms with Gasteiger partial charge in [-0.15, -0.1) is 0 Å². The number of ether oxygens (including phenoxy) is 1. The molecule has 0 spiro atoms. The molecule has 210 valence electrons. The average Bonchev–Trinajstić information content (AvgIpc) is 3.28. The third-order valence-corrected chi connectivity index (χ3v) is 8.96. The number of benzene rings is 1. The molecular formula is C33H45N3O3. The van der Waals surface area contributed by atoms with Crippen molar-refractivity contribution in [2.75, 3.05) is 13.2 Å². The molecule has 0 radical (unpaired) electrons. The van der Waals surface area contributed by atoms with Crippen molar-refractivity contribution in [3.63, 3.8) is 0 Å². The standard InChI is InChI=1S/C33H45N3O3/c1-5-33(4,38)27-12-15-36-32(20-27)39-22-25-11-10-23(2)30(24(3)18-25)21-31(37)29-9-7-6-8-26(29)19-28-13-14-34-16-17-35-28/h6-9,12,15-17,20,23-25,28,30,38H,5,10-11,13-14,18-19,21-22H2,1-4H3. The van der Waals surface area contributed by atoms with E-state index in [-0.39, 0.29) is 11.8 Å². The van der Waals surface area contributed by atoms with Crippen LogP contribution in [-0.4, -0.2) is 47.5 Å². The molecule has 0 saturated heterocycles. The van der Waals surface area contributed by atoms with E-state index >= 15 is 0 Å². The number of aromatic nitrogens is 1. The van der Waals surface area contributed by atoms with Gasteiger partial charge in [-0.1, -0.05) is 51.5 Å². The van der Waals surface area contributed by atoms with Gasteiger partial charge in [-0.2, -0.15) is 0 Å². The first-order valence-electron chi connectivity index (χ1n) is 14.7. The number of aliphatic imine (C=N–C) groups is 2. The van der Waals surface area contributed by atoms with Crippen LogP contribution in [-0.2, 0) is 12.0 Å². The molecule has 1 fully saturated rings. The maximum Gasteiger partial charge on any atom is 0.213 e. The number of carbonyl (C=O) groups excluding carboxylic acids is 1. The first-order chi connectivity index (χ1) is 18.8. The van der Waals surface area contributed by atoms with Gasteiger partial charge in [0.1, 0.15) is 0 Å². The van der Waals surface area contributed by atoms with E-state index in [0.29, 0.717) is 49.0 Å². The van der Waals surface area contributed by atoms with Crippen LogP contribution in [0, 0.1) is 23.7 Å². The molecule has 2 aliphatic rings. The third kappa shape index (κ3) is 7.84. The van der Waals surface area contributed by atoms with Crippen molar-refractivity contribution in [2.24, 2.45) is 33.7 Å². The van der Waals surface area contributed by atoms with E-state index in [1.54, 1.807) is 18.6 Å². The lowest BCUT2D eigenvalue weighted by Crippen LogP contribution is -2.23. The highest BCUT2D eigenvalue weighted by Crippen LogP contribution is 2.39. The van der Waals surface area contributed by atoms with Gasteiger partial charge in [0.25, 0.3) is 0 Å². The lowest BCUT2D eigenvalue weighted by Gasteiger charge is -2.27. The van der Waals surface area contributed by atoms with Crippen molar-refractivity contribution in [1.29, 1.82) is 0 Å². The van der Waals surface area contributed by atoms with Crippen molar-refractivity contribution in [3.8, 4) is 5.88 Å². The molecule has 4 rings (SSSR count). The number of carbonyl (C=O) groups is 1. The topological polar surface area (TPSA) is 84.1 Å². The maximum absolute atomic E-state index is 13.7. The maximum atomic E-state index is 13.7. The largest absolute Gasteiger partial charge is 0.477 e. The molecule has 1 N–H and O–H groups in total. The van der Waals surface area contributed by atoms with Crippen LogP contribution in [0.1, 0.15) is 87.7 Å². The highest BCUT2D eigenvalue weighted by molar-refractivity contribution is 6.16. The molecule has 2 heterocycles. The lowest BCUT2D eigenvalue weighted by molar-refractivity contribution is 0.0525. The van der Waals surface area contributed by atoms with Crippen LogP contribution in [0.4, 0.5) is 0 Å². The van der Waals surface area contributed by atoms with Gasteiger partial charge < -0.3 is 9.84 Å². The summed E-state index contributed by atoms with van der Waals surface area (Å²) in [6.07, 6.45) is 11.4. The average molecular weight is 532 g/mol. The van der Waals surface area contributed by atoms with E-state index in [1.165, 1.54) is 0 Å². The summed E-state index contributed by atoms with van der Waals surface area (Å²) in [6.45, 7) is 9.79. The Morgan fingerprint density at radius 3 is 2.74 bits per heavy atom. The van der Waals surface area contributed by atoms with Crippen LogP contribution in [0.3, 0.4) is 0 Å². The van der Waals surface area contributed by atoms with Gasteiger partial charge in [0.2, 0.25) is 5.88 Å². The molecule has 0 bridgehead atoms. The van der Waals surface area contributed by atoms with Gasteiger partial charge in [-0.05, 0) is 79.9 Å². The lowest BCUT2D eigenvalue weighted by atomic mass is 9.77. The van der Waals surface area contributed by atoms with Gasteiger partial charge >= 0.3 is 0 Å². The Morgan fingerprint density at radius 2 is 1.92 bits per heavy atom. The van der Waals surface area contributed by atoms with E-state index in [0.717, 1.165) is 55.3 Å². The van der Waals surface area contributed by atoms with Crippen LogP contribution < -0.4 is 4.74 Å². The van der Waals surface area contributed by atoms with Gasteiger partial charge in [0, 0.05) is 43.2 Å². The Morgan fingerprint density at radius 1 is 1.10 bits per heavy atom. The predicted octanol–water partition coefficient (Wildman–Crippen LogP) is 6.50. The van der Waals surface area contributed by atoms with Crippen LogP contribution in [0.2, 0.25) is 0 Å². The molecule has 1 aromatic heterocycles. The Labute approximate surface area is 234 Å². The van der Waals surface area contributed by atoms with E-state index in [4.69, 9.17) is 4.74 Å². The molecule has 0 amide bonds. The molecule has 1 aromatic carbocycles. The molecular weight excluding hydrogens is 486 g/mol. The van der Waals surface area contributed by atoms with Gasteiger partial charge in [-0.25, -0.2) is 4.98 Å². The van der Waals surface area contributed by atoms with Gasteiger partial charge in [0.15, 0.2) is 5.78 Å². The van der Waals surface area contributed by atoms with E-state index < -0.39 is 5.60 Å². The second-order valence-electron chi connectivity index (χ2n) is 11.9. The molecule has 6 unspecified atom stereocenters. The summed E-state index contributed by atoms with van der Waals surface area (Å²) in [5.74, 6) is 2.49. The summed E-state index contributed by atoms with van der Waals surface area (Å²) in [4.78, 5) is 27.0. The summed E-state index contributed by atoms with van der Waals surface area (Å²) >= 11 is 0. The van der Waals surface area contributed by atoms with Crippen molar-refractivity contribution < 1.29 is 14.6 Å². The summed E-state index contributed by atoms with van der Waals surface area (Å²) in [7, 11) is 0. The number of pyridine rings is 1. The van der Waals surface area contributed by atoms with Gasteiger partial charge in [-0.3, -0.25) is 14.8 Å². The second-order valence-corrected chi connectivity index (χ2v) is 11.9. The zero-order chi connectivity index (χ0) is 27.8. The highest BCUT2D eigenvalue weighted by Gasteiger charge is 2.33. The summed E-state index contributed by atoms with van der Waals surface area (Å²) < 4.78 is 6.14. The zero-order valence-corrected chi connectivity index (χ0v) is 24.1. The number of nitrogens with zero attached hydrogens (tertiary/aromatic N) is 3. The van der Waals surface area contributed by atoms with Crippen molar-refractivity contribution in [2.45, 2.75) is 84.3 Å². The molecule has 6 nitrogen and oxygen atoms in total. The van der Waals surface area contributed by atoms with Crippen molar-refractivity contribution in [1.82, 2.24) is 4.98 Å². The third-order valence-electron chi connectivity index (χ3n) is 8.96. The quantitative estimate of drug-likeness (QED) is 0.280. The van der Waals surface area contributed by atoms with Gasteiger partial charge in [0.05, 0.1) is 18.2 Å². The minimum atomic E-state index is -0.886. The Balaban J connectivity index is 1.37. The first kappa shape index (κ1) is 29.1. The van der Waals surface area contributed by atoms with Crippen LogP contribution >= 0.6 is 0 Å². The molecule has 1 saturated carbocycles. The monoisotopic (exact) mass is 531 g/mol. The minimum Gasteiger partial charge on any atom is -0.477 e. The molecule has 1 aliphatic heterocycles. The molecule has 6 heteroatoms. The van der Waals surface area contributed by atoms with Crippen LogP contribution in [0.25, 0.3) is 0 Å². The molecule has 6 atom stereocenters. The zero-order valence-electron chi connectivity index (χ0n) is 24.1.